The molecule has 1 aromatic carbocycles. The highest BCUT2D eigenvalue weighted by molar-refractivity contribution is 5.75. The number of aromatic nitrogens is 1. The molecule has 5 atom stereocenters. The van der Waals surface area contributed by atoms with Crippen molar-refractivity contribution >= 4 is 17.9 Å². The number of alkyl carbamates (subject to hydrolysis) is 1. The van der Waals surface area contributed by atoms with E-state index in [0.717, 1.165) is 22.5 Å². The molecule has 1 fully saturated rings. The highest BCUT2D eigenvalue weighted by atomic mass is 19.1. The van der Waals surface area contributed by atoms with Gasteiger partial charge in [-0.05, 0) is 63.3 Å². The van der Waals surface area contributed by atoms with Gasteiger partial charge in [0.1, 0.15) is 23.7 Å². The molecule has 2 heterocycles. The van der Waals surface area contributed by atoms with Gasteiger partial charge >= 0.3 is 12.1 Å². The number of allylic oxidation sites excluding steroid dienone is 4. The fraction of sp³-hybridized carbons (Fsp3) is 0.452. The zero-order chi connectivity index (χ0) is 28.2. The summed E-state index contributed by atoms with van der Waals surface area (Å²) in [6.07, 6.45) is 7.62. The van der Waals surface area contributed by atoms with Crippen LogP contribution in [-0.4, -0.2) is 55.1 Å². The van der Waals surface area contributed by atoms with E-state index in [2.05, 4.69) is 10.3 Å². The number of pyridine rings is 1. The van der Waals surface area contributed by atoms with Gasteiger partial charge in [-0.3, -0.25) is 4.79 Å². The fourth-order valence-corrected chi connectivity index (χ4v) is 4.92. The van der Waals surface area contributed by atoms with Gasteiger partial charge in [0.25, 0.3) is 0 Å². The van der Waals surface area contributed by atoms with Crippen LogP contribution in [0.25, 0.3) is 11.1 Å². The largest absolute Gasteiger partial charge is 0.460 e. The molecule has 1 N–H and O–H groups in total. The summed E-state index contributed by atoms with van der Waals surface area (Å²) < 4.78 is 25.6. The van der Waals surface area contributed by atoms with Gasteiger partial charge in [0.2, 0.25) is 0 Å². The van der Waals surface area contributed by atoms with E-state index >= 15 is 0 Å². The fourth-order valence-electron chi connectivity index (χ4n) is 4.92. The number of nitrogens with zero attached hydrogens (tertiary/aromatic N) is 2. The summed E-state index contributed by atoms with van der Waals surface area (Å²) in [6.45, 7) is 5.39. The second kappa shape index (κ2) is 12.0. The van der Waals surface area contributed by atoms with Crippen LogP contribution in [0.2, 0.25) is 0 Å². The van der Waals surface area contributed by atoms with Gasteiger partial charge in [-0.2, -0.15) is 0 Å². The summed E-state index contributed by atoms with van der Waals surface area (Å²) in [5, 5.41) is 2.93. The molecule has 1 aliphatic carbocycles. The first-order chi connectivity index (χ1) is 18.5. The third-order valence-corrected chi connectivity index (χ3v) is 6.95. The van der Waals surface area contributed by atoms with Crippen LogP contribution in [0.15, 0.2) is 66.9 Å². The van der Waals surface area contributed by atoms with Crippen LogP contribution in [-0.2, 0) is 20.7 Å². The standard InChI is InChI=1S/C31H38FN3O4/c1-31(2,3)39-30(37)34-26(27-18-24(29(36)38-27)17-22-8-6-7-9-25(22)32)16-20-10-12-21(13-11-20)23-14-15-28(33-19-23)35(4)5/h6-15,19,22,24-27H,16-18H2,1-5H3,(H,34,37)/t22?,24-,25?,26+,27+/m1/s1. The summed E-state index contributed by atoms with van der Waals surface area (Å²) in [7, 11) is 3.90. The minimum atomic E-state index is -1.12. The lowest BCUT2D eigenvalue weighted by molar-refractivity contribution is -0.145. The predicted molar refractivity (Wildman–Crippen MR) is 150 cm³/mol. The van der Waals surface area contributed by atoms with Crippen molar-refractivity contribution in [2.24, 2.45) is 11.8 Å². The molecule has 4 rings (SSSR count). The SMILES string of the molecule is CN(C)c1ccc(-c2ccc(C[C@H](NC(=O)OC(C)(C)C)[C@@H]3C[C@@H](CC4C=CC=CC4F)C(=O)O3)cc2)cn1. The number of carbonyl (C=O) groups excluding carboxylic acids is 2. The molecule has 1 saturated heterocycles. The summed E-state index contributed by atoms with van der Waals surface area (Å²) >= 11 is 0. The van der Waals surface area contributed by atoms with Crippen molar-refractivity contribution in [2.45, 2.75) is 64.0 Å². The second-order valence-electron chi connectivity index (χ2n) is 11.5. The Bertz CT molecular complexity index is 1200. The normalized spacial score (nSPS) is 23.3. The quantitative estimate of drug-likeness (QED) is 0.440. The van der Waals surface area contributed by atoms with Crippen LogP contribution in [0.1, 0.15) is 39.2 Å². The average molecular weight is 536 g/mol. The van der Waals surface area contributed by atoms with Gasteiger partial charge in [-0.25, -0.2) is 14.2 Å². The Morgan fingerprint density at radius 2 is 1.82 bits per heavy atom. The number of benzene rings is 1. The maximum absolute atomic E-state index is 14.3. The number of anilines is 1. The molecule has 2 unspecified atom stereocenters. The van der Waals surface area contributed by atoms with Crippen LogP contribution in [0.5, 0.6) is 0 Å². The highest BCUT2D eigenvalue weighted by Gasteiger charge is 2.41. The number of cyclic esters (lactones) is 1. The van der Waals surface area contributed by atoms with Crippen molar-refractivity contribution in [3.63, 3.8) is 0 Å². The first-order valence-corrected chi connectivity index (χ1v) is 13.4. The lowest BCUT2D eigenvalue weighted by Gasteiger charge is -2.27. The molecule has 0 radical (unpaired) electrons. The number of ether oxygens (including phenoxy) is 2. The monoisotopic (exact) mass is 535 g/mol. The van der Waals surface area contributed by atoms with Crippen molar-refractivity contribution < 1.29 is 23.5 Å². The Morgan fingerprint density at radius 3 is 2.44 bits per heavy atom. The molecule has 8 heteroatoms. The van der Waals surface area contributed by atoms with E-state index in [1.165, 1.54) is 6.08 Å². The first kappa shape index (κ1) is 28.3. The van der Waals surface area contributed by atoms with E-state index in [-0.39, 0.29) is 11.9 Å². The Balaban J connectivity index is 1.47. The van der Waals surface area contributed by atoms with Gasteiger partial charge in [0, 0.05) is 31.8 Å². The molecule has 1 aromatic heterocycles. The number of carbonyl (C=O) groups is 2. The lowest BCUT2D eigenvalue weighted by atomic mass is 9.85. The van der Waals surface area contributed by atoms with E-state index in [4.69, 9.17) is 9.47 Å². The van der Waals surface area contributed by atoms with Crippen LogP contribution < -0.4 is 10.2 Å². The van der Waals surface area contributed by atoms with E-state index < -0.39 is 35.9 Å². The smallest absolute Gasteiger partial charge is 0.408 e. The Labute approximate surface area is 230 Å². The Hall–Kier alpha value is -3.68. The van der Waals surface area contributed by atoms with E-state index in [1.807, 2.05) is 67.7 Å². The molecule has 208 valence electrons. The number of hydrogen-bond donors (Lipinski definition) is 1. The summed E-state index contributed by atoms with van der Waals surface area (Å²) in [5.74, 6) is -0.265. The molecule has 39 heavy (non-hydrogen) atoms. The van der Waals surface area contributed by atoms with Crippen LogP contribution in [0.4, 0.5) is 15.0 Å². The molecular formula is C31H38FN3O4. The average Bonchev–Trinajstić information content (AvgIpc) is 3.24. The number of rotatable bonds is 8. The van der Waals surface area contributed by atoms with E-state index in [9.17, 15) is 14.0 Å². The third-order valence-electron chi connectivity index (χ3n) is 6.95. The van der Waals surface area contributed by atoms with Crippen molar-refractivity contribution in [3.05, 3.63) is 72.5 Å². The van der Waals surface area contributed by atoms with Crippen LogP contribution in [0, 0.1) is 11.8 Å². The zero-order valence-corrected chi connectivity index (χ0v) is 23.3. The third kappa shape index (κ3) is 7.68. The van der Waals surface area contributed by atoms with Gasteiger partial charge in [0.15, 0.2) is 0 Å². The number of hydrogen-bond acceptors (Lipinski definition) is 6. The molecule has 7 nitrogen and oxygen atoms in total. The second-order valence-corrected chi connectivity index (χ2v) is 11.5. The van der Waals surface area contributed by atoms with Crippen molar-refractivity contribution in [1.29, 1.82) is 0 Å². The minimum Gasteiger partial charge on any atom is -0.460 e. The molecule has 1 amide bonds. The van der Waals surface area contributed by atoms with E-state index in [0.29, 0.717) is 19.3 Å². The summed E-state index contributed by atoms with van der Waals surface area (Å²) in [5.41, 5.74) is 2.33. The van der Waals surface area contributed by atoms with Gasteiger partial charge < -0.3 is 19.7 Å². The molecule has 2 aliphatic rings. The number of amides is 1. The van der Waals surface area contributed by atoms with Crippen LogP contribution >= 0.6 is 0 Å². The van der Waals surface area contributed by atoms with Gasteiger partial charge in [-0.15, -0.1) is 0 Å². The number of esters is 1. The predicted octanol–water partition coefficient (Wildman–Crippen LogP) is 5.65. The van der Waals surface area contributed by atoms with Crippen molar-refractivity contribution in [2.75, 3.05) is 19.0 Å². The molecule has 2 aromatic rings. The topological polar surface area (TPSA) is 80.8 Å². The number of halogens is 1. The molecule has 0 bridgehead atoms. The van der Waals surface area contributed by atoms with Crippen molar-refractivity contribution in [1.82, 2.24) is 10.3 Å². The van der Waals surface area contributed by atoms with E-state index in [1.54, 1.807) is 32.9 Å². The van der Waals surface area contributed by atoms with Gasteiger partial charge in [-0.1, -0.05) is 48.6 Å². The summed E-state index contributed by atoms with van der Waals surface area (Å²) in [6, 6.07) is 11.5. The number of nitrogens with one attached hydrogen (secondary N) is 1. The zero-order valence-electron chi connectivity index (χ0n) is 23.3. The van der Waals surface area contributed by atoms with Gasteiger partial charge in [0.05, 0.1) is 12.0 Å². The Kier molecular flexibility index (Phi) is 8.73. The minimum absolute atomic E-state index is 0.352. The van der Waals surface area contributed by atoms with Crippen LogP contribution in [0.3, 0.4) is 0 Å². The molecule has 0 spiro atoms. The first-order valence-electron chi connectivity index (χ1n) is 13.4. The number of alkyl halides is 1. The highest BCUT2D eigenvalue weighted by Crippen LogP contribution is 2.33. The van der Waals surface area contributed by atoms with Crippen molar-refractivity contribution in [3.8, 4) is 11.1 Å². The lowest BCUT2D eigenvalue weighted by Crippen LogP contribution is -2.46. The molecular weight excluding hydrogens is 497 g/mol. The molecule has 0 saturated carbocycles. The maximum Gasteiger partial charge on any atom is 0.408 e. The maximum atomic E-state index is 14.3. The molecule has 1 aliphatic heterocycles. The Morgan fingerprint density at radius 1 is 1.13 bits per heavy atom. The summed E-state index contributed by atoms with van der Waals surface area (Å²) in [4.78, 5) is 31.9.